The molecular formula is C11H14N2OS. The number of thiophene rings is 1. The van der Waals surface area contributed by atoms with E-state index in [1.165, 1.54) is 0 Å². The van der Waals surface area contributed by atoms with Gasteiger partial charge in [0.05, 0.1) is 17.2 Å². The summed E-state index contributed by atoms with van der Waals surface area (Å²) in [5, 5.41) is 15.7. The first-order valence-corrected chi connectivity index (χ1v) is 5.83. The number of aliphatic hydroxyl groups excluding tert-OH is 1. The molecule has 15 heavy (non-hydrogen) atoms. The molecule has 4 heteroatoms. The Labute approximate surface area is 93.0 Å². The molecule has 2 aromatic heterocycles. The highest BCUT2D eigenvalue weighted by atomic mass is 32.1. The number of aliphatic hydroxyl groups is 1. The molecule has 0 fully saturated rings. The molecular weight excluding hydrogens is 208 g/mol. The molecule has 3 nitrogen and oxygen atoms in total. The van der Waals surface area contributed by atoms with Gasteiger partial charge in [0.2, 0.25) is 0 Å². The summed E-state index contributed by atoms with van der Waals surface area (Å²) < 4.78 is 1.87. The van der Waals surface area contributed by atoms with E-state index in [0.29, 0.717) is 0 Å². The summed E-state index contributed by atoms with van der Waals surface area (Å²) in [4.78, 5) is 1.14. The van der Waals surface area contributed by atoms with E-state index < -0.39 is 0 Å². The second-order valence-corrected chi connectivity index (χ2v) is 4.64. The average molecular weight is 222 g/mol. The lowest BCUT2D eigenvalue weighted by Gasteiger charge is -2.08. The summed E-state index contributed by atoms with van der Waals surface area (Å²) in [5.41, 5.74) is 1.82. The molecule has 0 aliphatic heterocycles. The maximum Gasteiger partial charge on any atom is 0.103 e. The molecule has 0 amide bonds. The van der Waals surface area contributed by atoms with Gasteiger partial charge < -0.3 is 5.11 Å². The largest absolute Gasteiger partial charge is 0.390 e. The van der Waals surface area contributed by atoms with Crippen molar-refractivity contribution in [1.82, 2.24) is 9.78 Å². The Hall–Kier alpha value is -1.13. The SMILES string of the molecule is CC(C)n1nc(-c2cccs2)cc1CO. The zero-order chi connectivity index (χ0) is 10.8. The predicted octanol–water partition coefficient (Wildman–Crippen LogP) is 2.68. The topological polar surface area (TPSA) is 38.0 Å². The first-order valence-electron chi connectivity index (χ1n) is 4.95. The summed E-state index contributed by atoms with van der Waals surface area (Å²) in [7, 11) is 0. The van der Waals surface area contributed by atoms with Gasteiger partial charge in [-0.3, -0.25) is 4.68 Å². The van der Waals surface area contributed by atoms with Crippen molar-refractivity contribution in [2.24, 2.45) is 0 Å². The molecule has 0 unspecified atom stereocenters. The van der Waals surface area contributed by atoms with Crippen molar-refractivity contribution < 1.29 is 5.11 Å². The van der Waals surface area contributed by atoms with E-state index in [0.717, 1.165) is 16.3 Å². The standard InChI is InChI=1S/C11H14N2OS/c1-8(2)13-9(7-14)6-10(12-13)11-4-3-5-15-11/h3-6,8,14H,7H2,1-2H3. The third-order valence-corrected chi connectivity index (χ3v) is 3.13. The summed E-state index contributed by atoms with van der Waals surface area (Å²) in [6, 6.07) is 6.28. The molecule has 0 bridgehead atoms. The monoisotopic (exact) mass is 222 g/mol. The van der Waals surface area contributed by atoms with Crippen molar-refractivity contribution in [3.63, 3.8) is 0 Å². The van der Waals surface area contributed by atoms with Crippen LogP contribution in [0.5, 0.6) is 0 Å². The fraction of sp³-hybridized carbons (Fsp3) is 0.364. The van der Waals surface area contributed by atoms with Crippen LogP contribution in [0.15, 0.2) is 23.6 Å². The molecule has 0 aliphatic carbocycles. The minimum atomic E-state index is 0.0382. The van der Waals surface area contributed by atoms with Crippen molar-refractivity contribution in [3.8, 4) is 10.6 Å². The fourth-order valence-electron chi connectivity index (χ4n) is 1.54. The molecule has 0 saturated heterocycles. The fourth-order valence-corrected chi connectivity index (χ4v) is 2.22. The van der Waals surface area contributed by atoms with Crippen LogP contribution in [0.1, 0.15) is 25.6 Å². The normalized spacial score (nSPS) is 11.2. The molecule has 80 valence electrons. The van der Waals surface area contributed by atoms with Crippen molar-refractivity contribution >= 4 is 11.3 Å². The van der Waals surface area contributed by atoms with Crippen molar-refractivity contribution in [2.75, 3.05) is 0 Å². The third-order valence-electron chi connectivity index (χ3n) is 2.24. The third kappa shape index (κ3) is 1.96. The van der Waals surface area contributed by atoms with E-state index >= 15 is 0 Å². The van der Waals surface area contributed by atoms with Gasteiger partial charge in [0.1, 0.15) is 5.69 Å². The number of hydrogen-bond acceptors (Lipinski definition) is 3. The first kappa shape index (κ1) is 10.4. The van der Waals surface area contributed by atoms with Crippen molar-refractivity contribution in [2.45, 2.75) is 26.5 Å². The van der Waals surface area contributed by atoms with Gasteiger partial charge >= 0.3 is 0 Å². The summed E-state index contributed by atoms with van der Waals surface area (Å²) in [5.74, 6) is 0. The quantitative estimate of drug-likeness (QED) is 0.867. The Kier molecular flexibility index (Phi) is 2.88. The summed E-state index contributed by atoms with van der Waals surface area (Å²) in [6.07, 6.45) is 0. The van der Waals surface area contributed by atoms with E-state index in [2.05, 4.69) is 18.9 Å². The van der Waals surface area contributed by atoms with Gasteiger partial charge in [0.25, 0.3) is 0 Å². The molecule has 0 aromatic carbocycles. The summed E-state index contributed by atoms with van der Waals surface area (Å²) in [6.45, 7) is 4.16. The van der Waals surface area contributed by atoms with E-state index in [1.54, 1.807) is 11.3 Å². The molecule has 2 heterocycles. The number of nitrogens with zero attached hydrogens (tertiary/aromatic N) is 2. The van der Waals surface area contributed by atoms with Crippen LogP contribution >= 0.6 is 11.3 Å². The maximum absolute atomic E-state index is 9.22. The molecule has 0 saturated carbocycles. The zero-order valence-electron chi connectivity index (χ0n) is 8.84. The zero-order valence-corrected chi connectivity index (χ0v) is 9.66. The van der Waals surface area contributed by atoms with Gasteiger partial charge in [-0.05, 0) is 31.4 Å². The minimum Gasteiger partial charge on any atom is -0.390 e. The van der Waals surface area contributed by atoms with E-state index in [4.69, 9.17) is 0 Å². The average Bonchev–Trinajstić information content (AvgIpc) is 2.86. The summed E-state index contributed by atoms with van der Waals surface area (Å²) >= 11 is 1.66. The molecule has 0 aliphatic rings. The minimum absolute atomic E-state index is 0.0382. The van der Waals surface area contributed by atoms with E-state index in [9.17, 15) is 5.11 Å². The van der Waals surface area contributed by atoms with Crippen molar-refractivity contribution in [1.29, 1.82) is 0 Å². The predicted molar refractivity (Wildman–Crippen MR) is 61.8 cm³/mol. The molecule has 2 rings (SSSR count). The second-order valence-electron chi connectivity index (χ2n) is 3.69. The highest BCUT2D eigenvalue weighted by Gasteiger charge is 2.11. The van der Waals surface area contributed by atoms with Gasteiger partial charge in [0, 0.05) is 6.04 Å². The first-order chi connectivity index (χ1) is 7.22. The van der Waals surface area contributed by atoms with Crippen LogP contribution in [0, 0.1) is 0 Å². The molecule has 1 N–H and O–H groups in total. The van der Waals surface area contributed by atoms with Crippen LogP contribution in [0.25, 0.3) is 10.6 Å². The molecule has 0 atom stereocenters. The smallest absolute Gasteiger partial charge is 0.103 e. The Morgan fingerprint density at radius 2 is 2.33 bits per heavy atom. The van der Waals surface area contributed by atoms with Crippen LogP contribution in [-0.4, -0.2) is 14.9 Å². The number of rotatable bonds is 3. The van der Waals surface area contributed by atoms with Crippen LogP contribution in [-0.2, 0) is 6.61 Å². The lowest BCUT2D eigenvalue weighted by Crippen LogP contribution is -2.07. The maximum atomic E-state index is 9.22. The highest BCUT2D eigenvalue weighted by Crippen LogP contribution is 2.25. The Morgan fingerprint density at radius 1 is 1.53 bits per heavy atom. The van der Waals surface area contributed by atoms with E-state index in [-0.39, 0.29) is 12.6 Å². The lowest BCUT2D eigenvalue weighted by atomic mass is 10.3. The van der Waals surface area contributed by atoms with E-state index in [1.807, 2.05) is 28.3 Å². The van der Waals surface area contributed by atoms with Gasteiger partial charge in [0.15, 0.2) is 0 Å². The molecule has 0 radical (unpaired) electrons. The Balaban J connectivity index is 2.43. The van der Waals surface area contributed by atoms with Gasteiger partial charge in [-0.2, -0.15) is 5.10 Å². The van der Waals surface area contributed by atoms with Crippen LogP contribution in [0.2, 0.25) is 0 Å². The second kappa shape index (κ2) is 4.16. The molecule has 2 aromatic rings. The number of hydrogen-bond donors (Lipinski definition) is 1. The highest BCUT2D eigenvalue weighted by molar-refractivity contribution is 7.13. The van der Waals surface area contributed by atoms with Crippen LogP contribution < -0.4 is 0 Å². The van der Waals surface area contributed by atoms with Crippen molar-refractivity contribution in [3.05, 3.63) is 29.3 Å². The van der Waals surface area contributed by atoms with Gasteiger partial charge in [-0.25, -0.2) is 0 Å². The Morgan fingerprint density at radius 3 is 2.80 bits per heavy atom. The van der Waals surface area contributed by atoms with Gasteiger partial charge in [-0.15, -0.1) is 11.3 Å². The van der Waals surface area contributed by atoms with Crippen LogP contribution in [0.4, 0.5) is 0 Å². The van der Waals surface area contributed by atoms with Gasteiger partial charge in [-0.1, -0.05) is 6.07 Å². The lowest BCUT2D eigenvalue weighted by molar-refractivity contribution is 0.264. The molecule has 0 spiro atoms. The Bertz CT molecular complexity index is 431. The number of aromatic nitrogens is 2. The van der Waals surface area contributed by atoms with Crippen LogP contribution in [0.3, 0.4) is 0 Å².